The van der Waals surface area contributed by atoms with Crippen molar-refractivity contribution in [3.63, 3.8) is 0 Å². The molecule has 0 spiro atoms. The van der Waals surface area contributed by atoms with Crippen LogP contribution in [0.15, 0.2) is 29.4 Å². The van der Waals surface area contributed by atoms with Gasteiger partial charge in [0.05, 0.1) is 5.92 Å². The molecular weight excluding hydrogens is 345 g/mol. The van der Waals surface area contributed by atoms with Crippen LogP contribution in [0.4, 0.5) is 13.2 Å². The highest BCUT2D eigenvalue weighted by molar-refractivity contribution is 6.31. The van der Waals surface area contributed by atoms with Crippen LogP contribution in [0.1, 0.15) is 36.5 Å². The zero-order valence-corrected chi connectivity index (χ0v) is 13.6. The predicted molar refractivity (Wildman–Crippen MR) is 82.6 cm³/mol. The second kappa shape index (κ2) is 5.74. The number of benzene rings is 1. The van der Waals surface area contributed by atoms with E-state index >= 15 is 0 Å². The van der Waals surface area contributed by atoms with Crippen molar-refractivity contribution in [1.82, 2.24) is 5.01 Å². The number of alkyl halides is 3. The number of hydrogen-bond acceptors (Lipinski definition) is 3. The molecule has 0 saturated heterocycles. The van der Waals surface area contributed by atoms with E-state index in [-0.39, 0.29) is 33.6 Å². The standard InChI is InChI=1S/C16H16ClF3N2O2/c1-9-5-6-13-12(7-9)15(24,16(18,19)20)22(21-13)14(23)10-3-2-4-11(17)8-10/h2-4,8-9,12,24H,5-7H2,1H3/t9-,12-,15+/m1/s1. The minimum atomic E-state index is -5.02. The molecule has 1 aromatic rings. The van der Waals surface area contributed by atoms with Gasteiger partial charge in [0.15, 0.2) is 0 Å². The maximum Gasteiger partial charge on any atom is 0.439 e. The molecule has 130 valence electrons. The van der Waals surface area contributed by atoms with Gasteiger partial charge in [0.1, 0.15) is 0 Å². The lowest BCUT2D eigenvalue weighted by Gasteiger charge is -2.39. The number of carbonyl (C=O) groups excluding carboxylic acids is 1. The van der Waals surface area contributed by atoms with E-state index in [1.807, 2.05) is 6.92 Å². The lowest BCUT2D eigenvalue weighted by Crippen LogP contribution is -2.61. The number of halogens is 4. The second-order valence-electron chi connectivity index (χ2n) is 6.37. The number of hydrazone groups is 1. The number of amides is 1. The quantitative estimate of drug-likeness (QED) is 0.827. The van der Waals surface area contributed by atoms with Crippen molar-refractivity contribution in [3.05, 3.63) is 34.9 Å². The second-order valence-corrected chi connectivity index (χ2v) is 6.81. The molecule has 1 saturated carbocycles. The van der Waals surface area contributed by atoms with Gasteiger partial charge in [-0.05, 0) is 43.4 Å². The summed E-state index contributed by atoms with van der Waals surface area (Å²) < 4.78 is 41.1. The average Bonchev–Trinajstić information content (AvgIpc) is 2.80. The van der Waals surface area contributed by atoms with Gasteiger partial charge in [-0.15, -0.1) is 0 Å². The van der Waals surface area contributed by atoms with Crippen LogP contribution in [0, 0.1) is 11.8 Å². The molecule has 8 heteroatoms. The van der Waals surface area contributed by atoms with Gasteiger partial charge in [-0.3, -0.25) is 4.79 Å². The van der Waals surface area contributed by atoms with Crippen LogP contribution < -0.4 is 0 Å². The third-order valence-corrected chi connectivity index (χ3v) is 4.89. The molecule has 1 aromatic carbocycles. The Labute approximate surface area is 141 Å². The van der Waals surface area contributed by atoms with Crippen molar-refractivity contribution < 1.29 is 23.1 Å². The van der Waals surface area contributed by atoms with Gasteiger partial charge in [0.25, 0.3) is 11.6 Å². The molecule has 0 bridgehead atoms. The lowest BCUT2D eigenvalue weighted by molar-refractivity contribution is -0.313. The Balaban J connectivity index is 2.05. The van der Waals surface area contributed by atoms with E-state index in [1.165, 1.54) is 24.3 Å². The number of aliphatic hydroxyl groups is 1. The number of rotatable bonds is 1. The van der Waals surface area contributed by atoms with Crippen LogP contribution in [0.2, 0.25) is 5.02 Å². The van der Waals surface area contributed by atoms with Crippen LogP contribution in [-0.2, 0) is 0 Å². The molecule has 4 nitrogen and oxygen atoms in total. The zero-order valence-electron chi connectivity index (χ0n) is 12.8. The van der Waals surface area contributed by atoms with E-state index in [0.717, 1.165) is 0 Å². The zero-order chi connectivity index (χ0) is 17.7. The van der Waals surface area contributed by atoms with E-state index < -0.39 is 23.7 Å². The number of hydrogen-bond donors (Lipinski definition) is 1. The van der Waals surface area contributed by atoms with Gasteiger partial charge < -0.3 is 5.11 Å². The smallest absolute Gasteiger partial charge is 0.362 e. The molecule has 1 amide bonds. The minimum Gasteiger partial charge on any atom is -0.362 e. The SMILES string of the molecule is C[C@@H]1CCC2=NN(C(=O)c3cccc(Cl)c3)[C@@](O)(C(F)(F)F)[C@@H]2C1. The Morgan fingerprint density at radius 2 is 2.17 bits per heavy atom. The van der Waals surface area contributed by atoms with Crippen molar-refractivity contribution in [3.8, 4) is 0 Å². The highest BCUT2D eigenvalue weighted by atomic mass is 35.5. The number of nitrogens with zero attached hydrogens (tertiary/aromatic N) is 2. The molecule has 0 radical (unpaired) electrons. The Kier molecular flexibility index (Phi) is 4.12. The van der Waals surface area contributed by atoms with Crippen LogP contribution in [0.25, 0.3) is 0 Å². The molecule has 3 atom stereocenters. The first-order chi connectivity index (χ1) is 11.1. The van der Waals surface area contributed by atoms with Crippen molar-refractivity contribution in [2.24, 2.45) is 16.9 Å². The molecule has 2 aliphatic rings. The van der Waals surface area contributed by atoms with Crippen LogP contribution in [0.3, 0.4) is 0 Å². The van der Waals surface area contributed by atoms with Crippen molar-refractivity contribution in [1.29, 1.82) is 0 Å². The summed E-state index contributed by atoms with van der Waals surface area (Å²) in [6, 6.07) is 5.56. The fraction of sp³-hybridized carbons (Fsp3) is 0.500. The van der Waals surface area contributed by atoms with E-state index in [4.69, 9.17) is 11.6 Å². The predicted octanol–water partition coefficient (Wildman–Crippen LogP) is 3.84. The Morgan fingerprint density at radius 1 is 1.46 bits per heavy atom. The van der Waals surface area contributed by atoms with Crippen LogP contribution >= 0.6 is 11.6 Å². The molecule has 1 aliphatic heterocycles. The summed E-state index contributed by atoms with van der Waals surface area (Å²) in [6.07, 6.45) is -3.87. The van der Waals surface area contributed by atoms with Gasteiger partial charge in [-0.2, -0.15) is 23.3 Å². The highest BCUT2D eigenvalue weighted by Gasteiger charge is 2.68. The summed E-state index contributed by atoms with van der Waals surface area (Å²) in [5.41, 5.74) is -3.15. The summed E-state index contributed by atoms with van der Waals surface area (Å²) in [5.74, 6) is -2.24. The lowest BCUT2D eigenvalue weighted by atomic mass is 9.76. The average molecular weight is 361 g/mol. The molecule has 3 rings (SSSR count). The molecule has 24 heavy (non-hydrogen) atoms. The fourth-order valence-corrected chi connectivity index (χ4v) is 3.55. The Hall–Kier alpha value is -1.60. The highest BCUT2D eigenvalue weighted by Crippen LogP contribution is 2.49. The summed E-state index contributed by atoms with van der Waals surface area (Å²) in [6.45, 7) is 1.83. The Morgan fingerprint density at radius 3 is 2.79 bits per heavy atom. The number of fused-ring (bicyclic) bond motifs is 1. The van der Waals surface area contributed by atoms with Gasteiger partial charge in [0.2, 0.25) is 0 Å². The van der Waals surface area contributed by atoms with Crippen molar-refractivity contribution >= 4 is 23.2 Å². The molecule has 1 fully saturated rings. The molecule has 0 aromatic heterocycles. The van der Waals surface area contributed by atoms with Gasteiger partial charge >= 0.3 is 6.18 Å². The van der Waals surface area contributed by atoms with Gasteiger partial charge in [-0.25, -0.2) is 0 Å². The fourth-order valence-electron chi connectivity index (χ4n) is 3.36. The van der Waals surface area contributed by atoms with Crippen molar-refractivity contribution in [2.75, 3.05) is 0 Å². The molecule has 1 aliphatic carbocycles. The summed E-state index contributed by atoms with van der Waals surface area (Å²) in [5, 5.41) is 14.8. The van der Waals surface area contributed by atoms with Gasteiger partial charge in [-0.1, -0.05) is 24.6 Å². The third-order valence-electron chi connectivity index (χ3n) is 4.65. The van der Waals surface area contributed by atoms with E-state index in [1.54, 1.807) is 0 Å². The van der Waals surface area contributed by atoms with Crippen molar-refractivity contribution in [2.45, 2.75) is 38.1 Å². The third kappa shape index (κ3) is 2.59. The molecular formula is C16H16ClF3N2O2. The van der Waals surface area contributed by atoms with E-state index in [9.17, 15) is 23.1 Å². The normalized spacial score (nSPS) is 30.1. The molecule has 1 N–H and O–H groups in total. The first-order valence-electron chi connectivity index (χ1n) is 7.61. The minimum absolute atomic E-state index is 0.0176. The monoisotopic (exact) mass is 360 g/mol. The van der Waals surface area contributed by atoms with Gasteiger partial charge in [0, 0.05) is 16.3 Å². The molecule has 0 unspecified atom stereocenters. The number of carbonyl (C=O) groups is 1. The van der Waals surface area contributed by atoms with E-state index in [2.05, 4.69) is 5.10 Å². The largest absolute Gasteiger partial charge is 0.439 e. The maximum absolute atomic E-state index is 13.7. The maximum atomic E-state index is 13.7. The van der Waals surface area contributed by atoms with Crippen LogP contribution in [-0.4, -0.2) is 33.6 Å². The van der Waals surface area contributed by atoms with E-state index in [0.29, 0.717) is 12.8 Å². The summed E-state index contributed by atoms with van der Waals surface area (Å²) in [4.78, 5) is 12.6. The summed E-state index contributed by atoms with van der Waals surface area (Å²) >= 11 is 5.81. The Bertz CT molecular complexity index is 707. The first kappa shape index (κ1) is 17.2. The molecule has 1 heterocycles. The first-order valence-corrected chi connectivity index (χ1v) is 7.99. The topological polar surface area (TPSA) is 52.9 Å². The summed E-state index contributed by atoms with van der Waals surface area (Å²) in [7, 11) is 0. The van der Waals surface area contributed by atoms with Crippen LogP contribution in [0.5, 0.6) is 0 Å².